The summed E-state index contributed by atoms with van der Waals surface area (Å²) in [4.78, 5) is 4.86. The number of nitrogens with zero attached hydrogens (tertiary/aromatic N) is 1. The van der Waals surface area contributed by atoms with Crippen LogP contribution in [0.4, 0.5) is 0 Å². The van der Waals surface area contributed by atoms with Crippen molar-refractivity contribution in [1.82, 2.24) is 4.98 Å². The van der Waals surface area contributed by atoms with Gasteiger partial charge in [-0.05, 0) is 38.3 Å². The van der Waals surface area contributed by atoms with Crippen molar-refractivity contribution in [2.24, 2.45) is 5.41 Å². The van der Waals surface area contributed by atoms with Crippen LogP contribution >= 0.6 is 15.9 Å². The van der Waals surface area contributed by atoms with Gasteiger partial charge >= 0.3 is 0 Å². The molecule has 0 amide bonds. The number of hydrogen-bond acceptors (Lipinski definition) is 2. The van der Waals surface area contributed by atoms with Crippen LogP contribution in [-0.2, 0) is 0 Å². The number of aryl methyl sites for hydroxylation is 1. The summed E-state index contributed by atoms with van der Waals surface area (Å²) in [5.74, 6) is 0.933. The molecule has 0 saturated heterocycles. The Hall–Kier alpha value is -0.570. The van der Waals surface area contributed by atoms with Crippen molar-refractivity contribution < 1.29 is 4.74 Å². The first-order valence-electron chi connectivity index (χ1n) is 6.36. The minimum Gasteiger partial charge on any atom is -0.488 e. The van der Waals surface area contributed by atoms with Crippen LogP contribution < -0.4 is 4.74 Å². The second-order valence-electron chi connectivity index (χ2n) is 4.84. The van der Waals surface area contributed by atoms with Crippen molar-refractivity contribution in [3.63, 3.8) is 0 Å². The van der Waals surface area contributed by atoms with Crippen molar-refractivity contribution >= 4 is 15.9 Å². The maximum absolute atomic E-state index is 6.16. The van der Waals surface area contributed by atoms with Gasteiger partial charge in [0.25, 0.3) is 0 Å². The van der Waals surface area contributed by atoms with E-state index in [1.54, 1.807) is 0 Å². The van der Waals surface area contributed by atoms with Gasteiger partial charge in [-0.2, -0.15) is 0 Å². The molecule has 1 saturated carbocycles. The Morgan fingerprint density at radius 1 is 1.47 bits per heavy atom. The molecule has 0 N–H and O–H groups in total. The third-order valence-electron chi connectivity index (χ3n) is 4.23. The Kier molecular flexibility index (Phi) is 3.76. The fourth-order valence-electron chi connectivity index (χ4n) is 2.76. The highest BCUT2D eigenvalue weighted by molar-refractivity contribution is 9.09. The fraction of sp³-hybridized carbons (Fsp3) is 0.643. The Labute approximate surface area is 112 Å². The van der Waals surface area contributed by atoms with Crippen LogP contribution in [0.2, 0.25) is 0 Å². The zero-order valence-electron chi connectivity index (χ0n) is 10.7. The number of rotatable bonds is 4. The summed E-state index contributed by atoms with van der Waals surface area (Å²) < 4.78 is 6.16. The highest BCUT2D eigenvalue weighted by Crippen LogP contribution is 2.52. The summed E-state index contributed by atoms with van der Waals surface area (Å²) in [5.41, 5.74) is 1.27. The first-order valence-corrected chi connectivity index (χ1v) is 7.28. The summed E-state index contributed by atoms with van der Waals surface area (Å²) >= 11 is 3.78. The lowest BCUT2D eigenvalue weighted by Gasteiger charge is -2.52. The van der Waals surface area contributed by atoms with Crippen molar-refractivity contribution in [3.05, 3.63) is 24.0 Å². The molecule has 1 aliphatic carbocycles. The molecule has 2 unspecified atom stereocenters. The van der Waals surface area contributed by atoms with Crippen LogP contribution in [0.25, 0.3) is 0 Å². The third-order valence-corrected chi connectivity index (χ3v) is 5.52. The van der Waals surface area contributed by atoms with Crippen LogP contribution in [0.1, 0.15) is 38.8 Å². The van der Waals surface area contributed by atoms with Crippen LogP contribution in [0, 0.1) is 12.3 Å². The smallest absolute Gasteiger partial charge is 0.140 e. The van der Waals surface area contributed by atoms with Crippen LogP contribution in [-0.4, -0.2) is 15.9 Å². The van der Waals surface area contributed by atoms with Crippen LogP contribution in [0.15, 0.2) is 18.3 Å². The average Bonchev–Trinajstić information content (AvgIpc) is 2.33. The lowest BCUT2D eigenvalue weighted by atomic mass is 9.62. The molecule has 0 bridgehead atoms. The van der Waals surface area contributed by atoms with E-state index in [0.29, 0.717) is 16.3 Å². The topological polar surface area (TPSA) is 22.1 Å². The second kappa shape index (κ2) is 4.97. The summed E-state index contributed by atoms with van der Waals surface area (Å²) in [5, 5.41) is 0. The Morgan fingerprint density at radius 3 is 2.71 bits per heavy atom. The lowest BCUT2D eigenvalue weighted by Crippen LogP contribution is -2.56. The summed E-state index contributed by atoms with van der Waals surface area (Å²) in [6, 6.07) is 3.95. The van der Waals surface area contributed by atoms with E-state index in [9.17, 15) is 0 Å². The van der Waals surface area contributed by atoms with E-state index < -0.39 is 0 Å². The van der Waals surface area contributed by atoms with E-state index in [2.05, 4.69) is 34.8 Å². The molecule has 0 aromatic carbocycles. The number of alkyl halides is 1. The summed E-state index contributed by atoms with van der Waals surface area (Å²) in [6.45, 7) is 6.51. The lowest BCUT2D eigenvalue weighted by molar-refractivity contribution is -0.0416. The zero-order valence-corrected chi connectivity index (χ0v) is 12.3. The monoisotopic (exact) mass is 297 g/mol. The Balaban J connectivity index is 2.13. The van der Waals surface area contributed by atoms with Gasteiger partial charge in [-0.3, -0.25) is 4.98 Å². The molecular formula is C14H20BrNO. The average molecular weight is 298 g/mol. The van der Waals surface area contributed by atoms with E-state index in [0.717, 1.165) is 30.7 Å². The molecule has 17 heavy (non-hydrogen) atoms. The first-order chi connectivity index (χ1) is 8.14. The molecule has 0 spiro atoms. The zero-order chi connectivity index (χ0) is 12.5. The molecule has 0 radical (unpaired) electrons. The quantitative estimate of drug-likeness (QED) is 0.780. The minimum absolute atomic E-state index is 0.294. The van der Waals surface area contributed by atoms with Gasteiger partial charge in [-0.15, -0.1) is 0 Å². The maximum Gasteiger partial charge on any atom is 0.140 e. The van der Waals surface area contributed by atoms with Crippen molar-refractivity contribution in [2.75, 3.05) is 0 Å². The van der Waals surface area contributed by atoms with Gasteiger partial charge in [0.1, 0.15) is 11.9 Å². The molecule has 1 fully saturated rings. The molecule has 1 aromatic heterocycles. The van der Waals surface area contributed by atoms with Gasteiger partial charge in [0, 0.05) is 16.4 Å². The number of ether oxygens (including phenoxy) is 1. The molecular weight excluding hydrogens is 278 g/mol. The highest BCUT2D eigenvalue weighted by Gasteiger charge is 2.53. The number of hydrogen-bond donors (Lipinski definition) is 0. The molecule has 2 nitrogen and oxygen atoms in total. The number of aromatic nitrogens is 1. The largest absolute Gasteiger partial charge is 0.488 e. The van der Waals surface area contributed by atoms with Crippen LogP contribution in [0.3, 0.4) is 0 Å². The van der Waals surface area contributed by atoms with Gasteiger partial charge in [0.15, 0.2) is 0 Å². The molecule has 1 heterocycles. The van der Waals surface area contributed by atoms with Gasteiger partial charge in [0.05, 0.1) is 5.69 Å². The standard InChI is InChI=1S/C14H20BrNO/c1-4-14(5-2)12(15)9-13(14)17-11-7-6-8-16-10(11)3/h6-8,12-13H,4-5,9H2,1-3H3. The predicted octanol–water partition coefficient (Wildman–Crippen LogP) is 4.11. The van der Waals surface area contributed by atoms with Crippen molar-refractivity contribution in [1.29, 1.82) is 0 Å². The summed E-state index contributed by atoms with van der Waals surface area (Å²) in [7, 11) is 0. The first kappa shape index (κ1) is 12.9. The Morgan fingerprint density at radius 2 is 2.18 bits per heavy atom. The van der Waals surface area contributed by atoms with Gasteiger partial charge < -0.3 is 4.74 Å². The van der Waals surface area contributed by atoms with E-state index in [-0.39, 0.29) is 0 Å². The minimum atomic E-state index is 0.294. The second-order valence-corrected chi connectivity index (χ2v) is 5.94. The molecule has 2 rings (SSSR count). The molecule has 2 atom stereocenters. The van der Waals surface area contributed by atoms with Crippen molar-refractivity contribution in [3.8, 4) is 5.75 Å². The summed E-state index contributed by atoms with van der Waals surface area (Å²) in [6.07, 6.45) is 5.54. The van der Waals surface area contributed by atoms with Gasteiger partial charge in [-0.1, -0.05) is 29.8 Å². The predicted molar refractivity (Wildman–Crippen MR) is 73.7 cm³/mol. The van der Waals surface area contributed by atoms with E-state index in [1.165, 1.54) is 0 Å². The normalized spacial score (nSPS) is 26.4. The number of pyridine rings is 1. The number of halogens is 1. The SMILES string of the molecule is CCC1(CC)C(Br)CC1Oc1cccnc1C. The van der Waals surface area contributed by atoms with E-state index in [1.807, 2.05) is 25.3 Å². The molecule has 1 aliphatic rings. The maximum atomic E-state index is 6.16. The molecule has 94 valence electrons. The molecule has 3 heteroatoms. The molecule has 0 aliphatic heterocycles. The molecule has 1 aromatic rings. The van der Waals surface area contributed by atoms with Gasteiger partial charge in [-0.25, -0.2) is 0 Å². The van der Waals surface area contributed by atoms with E-state index in [4.69, 9.17) is 4.74 Å². The van der Waals surface area contributed by atoms with E-state index >= 15 is 0 Å². The van der Waals surface area contributed by atoms with Gasteiger partial charge in [0.2, 0.25) is 0 Å². The third kappa shape index (κ3) is 2.10. The Bertz CT molecular complexity index is 390. The van der Waals surface area contributed by atoms with Crippen molar-refractivity contribution in [2.45, 2.75) is 51.0 Å². The highest BCUT2D eigenvalue weighted by atomic mass is 79.9. The fourth-order valence-corrected chi connectivity index (χ4v) is 4.04. The van der Waals surface area contributed by atoms with Crippen LogP contribution in [0.5, 0.6) is 5.75 Å².